The predicted molar refractivity (Wildman–Crippen MR) is 139 cm³/mol. The molecule has 8 nitrogen and oxygen atoms in total. The summed E-state index contributed by atoms with van der Waals surface area (Å²) in [6.45, 7) is 0.539. The van der Waals surface area contributed by atoms with Crippen LogP contribution in [0.1, 0.15) is 22.9 Å². The standard InChI is InChI=1S/C29H27N5O3/c35-27(21-34-26-16-8-7-15-25(26)31-32-34)33(18-17-22-10-3-1-4-11-22)28(23-12-5-2-6-13-23)29(36)30-20-24-14-9-19-37-24/h1-16,19,28H,17-18,20-21H2,(H,30,36)/t28-/m0/s1. The number of furan rings is 1. The van der Waals surface area contributed by atoms with Crippen LogP contribution >= 0.6 is 0 Å². The third-order valence-electron chi connectivity index (χ3n) is 6.20. The van der Waals surface area contributed by atoms with Gasteiger partial charge in [-0.3, -0.25) is 9.59 Å². The summed E-state index contributed by atoms with van der Waals surface area (Å²) in [5.74, 6) is 0.123. The minimum absolute atomic E-state index is 0.0376. The number of amides is 2. The first-order chi connectivity index (χ1) is 18.2. The van der Waals surface area contributed by atoms with Crippen molar-refractivity contribution in [3.8, 4) is 0 Å². The lowest BCUT2D eigenvalue weighted by atomic mass is 10.0. The van der Waals surface area contributed by atoms with Gasteiger partial charge in [0.1, 0.15) is 23.9 Å². The predicted octanol–water partition coefficient (Wildman–Crippen LogP) is 4.15. The molecule has 3 aromatic carbocycles. The van der Waals surface area contributed by atoms with Crippen LogP contribution in [0.5, 0.6) is 0 Å². The van der Waals surface area contributed by atoms with Crippen LogP contribution in [0.2, 0.25) is 0 Å². The molecule has 0 bridgehead atoms. The third-order valence-corrected chi connectivity index (χ3v) is 6.20. The summed E-state index contributed by atoms with van der Waals surface area (Å²) < 4.78 is 6.96. The molecule has 2 aromatic heterocycles. The second-order valence-corrected chi connectivity index (χ2v) is 8.67. The number of hydrogen-bond donors (Lipinski definition) is 1. The number of nitrogens with zero attached hydrogens (tertiary/aromatic N) is 4. The van der Waals surface area contributed by atoms with Crippen LogP contribution in [-0.4, -0.2) is 38.3 Å². The molecule has 0 spiro atoms. The topological polar surface area (TPSA) is 93.3 Å². The Morgan fingerprint density at radius 3 is 2.38 bits per heavy atom. The minimum Gasteiger partial charge on any atom is -0.467 e. The zero-order chi connectivity index (χ0) is 25.5. The van der Waals surface area contributed by atoms with Gasteiger partial charge in [-0.1, -0.05) is 78.0 Å². The number of carbonyl (C=O) groups excluding carboxylic acids is 2. The number of benzene rings is 3. The first-order valence-corrected chi connectivity index (χ1v) is 12.2. The normalized spacial score (nSPS) is 11.8. The molecule has 0 aliphatic rings. The van der Waals surface area contributed by atoms with Crippen LogP contribution in [0, 0.1) is 0 Å². The van der Waals surface area contributed by atoms with Gasteiger partial charge in [-0.15, -0.1) is 5.10 Å². The van der Waals surface area contributed by atoms with E-state index in [4.69, 9.17) is 4.42 Å². The van der Waals surface area contributed by atoms with E-state index in [0.717, 1.165) is 16.6 Å². The molecule has 186 valence electrons. The van der Waals surface area contributed by atoms with E-state index in [2.05, 4.69) is 15.6 Å². The molecule has 0 saturated heterocycles. The maximum Gasteiger partial charge on any atom is 0.247 e. The monoisotopic (exact) mass is 493 g/mol. The lowest BCUT2D eigenvalue weighted by molar-refractivity contribution is -0.141. The molecule has 8 heteroatoms. The van der Waals surface area contributed by atoms with Gasteiger partial charge in [-0.2, -0.15) is 0 Å². The van der Waals surface area contributed by atoms with Crippen molar-refractivity contribution in [3.05, 3.63) is 120 Å². The van der Waals surface area contributed by atoms with E-state index < -0.39 is 6.04 Å². The summed E-state index contributed by atoms with van der Waals surface area (Å²) in [5.41, 5.74) is 3.28. The molecular formula is C29H27N5O3. The highest BCUT2D eigenvalue weighted by atomic mass is 16.3. The summed E-state index contributed by atoms with van der Waals surface area (Å²) >= 11 is 0. The summed E-state index contributed by atoms with van der Waals surface area (Å²) in [4.78, 5) is 29.1. The average Bonchev–Trinajstić information content (AvgIpc) is 3.61. The maximum atomic E-state index is 13.9. The number of rotatable bonds is 10. The van der Waals surface area contributed by atoms with Gasteiger partial charge in [0.05, 0.1) is 18.3 Å². The largest absolute Gasteiger partial charge is 0.467 e. The quantitative estimate of drug-likeness (QED) is 0.315. The van der Waals surface area contributed by atoms with Gasteiger partial charge >= 0.3 is 0 Å². The average molecular weight is 494 g/mol. The highest BCUT2D eigenvalue weighted by molar-refractivity contribution is 5.89. The van der Waals surface area contributed by atoms with Crippen LogP contribution in [0.3, 0.4) is 0 Å². The molecule has 37 heavy (non-hydrogen) atoms. The third kappa shape index (κ3) is 5.75. The minimum atomic E-state index is -0.831. The van der Waals surface area contributed by atoms with Gasteiger partial charge in [0.2, 0.25) is 11.8 Å². The number of fused-ring (bicyclic) bond motifs is 1. The Balaban J connectivity index is 1.46. The number of nitrogens with one attached hydrogen (secondary N) is 1. The van der Waals surface area contributed by atoms with Crippen LogP contribution in [0.25, 0.3) is 11.0 Å². The molecule has 2 amide bonds. The maximum absolute atomic E-state index is 13.9. The Morgan fingerprint density at radius 1 is 0.892 bits per heavy atom. The van der Waals surface area contributed by atoms with Crippen LogP contribution in [-0.2, 0) is 29.1 Å². The zero-order valence-corrected chi connectivity index (χ0v) is 20.2. The van der Waals surface area contributed by atoms with E-state index >= 15 is 0 Å². The van der Waals surface area contributed by atoms with E-state index in [1.54, 1.807) is 28.0 Å². The molecule has 2 heterocycles. The fourth-order valence-electron chi connectivity index (χ4n) is 4.34. The Labute approximate surface area is 214 Å². The van der Waals surface area contributed by atoms with Gasteiger partial charge in [0, 0.05) is 6.54 Å². The van der Waals surface area contributed by atoms with Gasteiger partial charge in [0.15, 0.2) is 0 Å². The Bertz CT molecular complexity index is 1450. The van der Waals surface area contributed by atoms with Crippen molar-refractivity contribution in [2.45, 2.75) is 25.6 Å². The van der Waals surface area contributed by atoms with Gasteiger partial charge in [-0.25, -0.2) is 4.68 Å². The first-order valence-electron chi connectivity index (χ1n) is 12.2. The van der Waals surface area contributed by atoms with E-state index in [0.29, 0.717) is 24.2 Å². The van der Waals surface area contributed by atoms with Crippen molar-refractivity contribution < 1.29 is 14.0 Å². The molecule has 0 radical (unpaired) electrons. The van der Waals surface area contributed by atoms with Crippen molar-refractivity contribution >= 4 is 22.8 Å². The van der Waals surface area contributed by atoms with Crippen molar-refractivity contribution in [1.82, 2.24) is 25.2 Å². The highest BCUT2D eigenvalue weighted by Crippen LogP contribution is 2.23. The van der Waals surface area contributed by atoms with Crippen LogP contribution in [0.4, 0.5) is 0 Å². The van der Waals surface area contributed by atoms with E-state index in [1.807, 2.05) is 84.9 Å². The number of para-hydroxylation sites is 1. The summed E-state index contributed by atoms with van der Waals surface area (Å²) in [5, 5.41) is 11.3. The molecule has 0 unspecified atom stereocenters. The fourth-order valence-corrected chi connectivity index (χ4v) is 4.34. The highest BCUT2D eigenvalue weighted by Gasteiger charge is 2.31. The second kappa shape index (κ2) is 11.3. The first kappa shape index (κ1) is 24.0. The SMILES string of the molecule is O=C(NCc1ccco1)[C@H](c1ccccc1)N(CCc1ccccc1)C(=O)Cn1nnc2ccccc21. The summed E-state index contributed by atoms with van der Waals surface area (Å²) in [6, 6.07) is 29.5. The molecule has 0 fully saturated rings. The van der Waals surface area contributed by atoms with Gasteiger partial charge in [0.25, 0.3) is 0 Å². The smallest absolute Gasteiger partial charge is 0.247 e. The molecule has 1 N–H and O–H groups in total. The molecule has 1 atom stereocenters. The van der Waals surface area contributed by atoms with Gasteiger partial charge in [-0.05, 0) is 41.8 Å². The molecule has 5 rings (SSSR count). The lowest BCUT2D eigenvalue weighted by Crippen LogP contribution is -2.45. The fraction of sp³-hybridized carbons (Fsp3) is 0.172. The summed E-state index contributed by atoms with van der Waals surface area (Å²) in [7, 11) is 0. The lowest BCUT2D eigenvalue weighted by Gasteiger charge is -2.31. The van der Waals surface area contributed by atoms with E-state index in [-0.39, 0.29) is 24.9 Å². The molecule has 0 aliphatic carbocycles. The van der Waals surface area contributed by atoms with Gasteiger partial charge < -0.3 is 14.6 Å². The number of hydrogen-bond acceptors (Lipinski definition) is 5. The molecule has 5 aromatic rings. The zero-order valence-electron chi connectivity index (χ0n) is 20.2. The van der Waals surface area contributed by atoms with Crippen molar-refractivity contribution in [3.63, 3.8) is 0 Å². The van der Waals surface area contributed by atoms with Crippen molar-refractivity contribution in [2.24, 2.45) is 0 Å². The van der Waals surface area contributed by atoms with Crippen molar-refractivity contribution in [1.29, 1.82) is 0 Å². The molecule has 0 aliphatic heterocycles. The Morgan fingerprint density at radius 2 is 1.62 bits per heavy atom. The second-order valence-electron chi connectivity index (χ2n) is 8.67. The summed E-state index contributed by atoms with van der Waals surface area (Å²) in [6.07, 6.45) is 2.16. The van der Waals surface area contributed by atoms with Crippen LogP contribution in [0.15, 0.2) is 108 Å². The van der Waals surface area contributed by atoms with Crippen molar-refractivity contribution in [2.75, 3.05) is 6.54 Å². The number of aromatic nitrogens is 3. The Kier molecular flexibility index (Phi) is 7.36. The van der Waals surface area contributed by atoms with E-state index in [9.17, 15) is 9.59 Å². The van der Waals surface area contributed by atoms with Crippen LogP contribution < -0.4 is 5.32 Å². The Hall–Kier alpha value is -4.72. The number of carbonyl (C=O) groups is 2. The molecule has 0 saturated carbocycles. The molecular weight excluding hydrogens is 466 g/mol. The van der Waals surface area contributed by atoms with E-state index in [1.165, 1.54) is 0 Å².